The molecule has 0 spiro atoms. The van der Waals surface area contributed by atoms with Gasteiger partial charge in [-0.15, -0.1) is 0 Å². The number of likely N-dealkylation sites (N-methyl/N-ethyl adjacent to an activating group) is 2. The maximum absolute atomic E-state index is 12.3. The molecule has 0 atom stereocenters. The Hall–Kier alpha value is -2.22. The van der Waals surface area contributed by atoms with Crippen LogP contribution in [0.2, 0.25) is 5.15 Å². The van der Waals surface area contributed by atoms with Crippen molar-refractivity contribution in [2.45, 2.75) is 13.8 Å². The number of hydrogen-bond acceptors (Lipinski definition) is 5. The van der Waals surface area contributed by atoms with Gasteiger partial charge < -0.3 is 10.2 Å². The standard InChI is InChI=1S/C12H15ClN4O4/c1-3-14-9(18)7-16(4-2)12(19)8-5-6-15-11(13)10(8)17(20)21/h5-6H,3-4,7H2,1-2H3,(H,14,18). The minimum absolute atomic E-state index is 0.180. The third kappa shape index (κ3) is 4.12. The summed E-state index contributed by atoms with van der Waals surface area (Å²) in [5.74, 6) is -0.977. The van der Waals surface area contributed by atoms with Crippen LogP contribution < -0.4 is 5.32 Å². The summed E-state index contributed by atoms with van der Waals surface area (Å²) in [4.78, 5) is 38.9. The zero-order valence-electron chi connectivity index (χ0n) is 11.6. The summed E-state index contributed by atoms with van der Waals surface area (Å²) in [7, 11) is 0. The molecule has 1 aromatic rings. The van der Waals surface area contributed by atoms with E-state index < -0.39 is 16.5 Å². The molecule has 21 heavy (non-hydrogen) atoms. The van der Waals surface area contributed by atoms with Crippen molar-refractivity contribution >= 4 is 29.1 Å². The van der Waals surface area contributed by atoms with Crippen molar-refractivity contribution in [2.24, 2.45) is 0 Å². The lowest BCUT2D eigenvalue weighted by Gasteiger charge is -2.20. The van der Waals surface area contributed by atoms with Crippen LogP contribution in [0.25, 0.3) is 0 Å². The summed E-state index contributed by atoms with van der Waals surface area (Å²) in [5, 5.41) is 13.2. The first-order chi connectivity index (χ1) is 9.92. The van der Waals surface area contributed by atoms with Gasteiger partial charge in [0.15, 0.2) is 0 Å². The molecule has 1 rings (SSSR count). The molecule has 0 saturated heterocycles. The van der Waals surface area contributed by atoms with Gasteiger partial charge in [0.2, 0.25) is 11.1 Å². The highest BCUT2D eigenvalue weighted by atomic mass is 35.5. The lowest BCUT2D eigenvalue weighted by Crippen LogP contribution is -2.40. The minimum atomic E-state index is -0.761. The third-order valence-electron chi connectivity index (χ3n) is 2.67. The molecule has 1 N–H and O–H groups in total. The summed E-state index contributed by atoms with van der Waals surface area (Å²) in [6.07, 6.45) is 1.21. The third-order valence-corrected chi connectivity index (χ3v) is 2.95. The number of carbonyl (C=O) groups excluding carboxylic acids is 2. The van der Waals surface area contributed by atoms with Crippen LogP contribution in [0.3, 0.4) is 0 Å². The number of amides is 2. The van der Waals surface area contributed by atoms with E-state index in [2.05, 4.69) is 10.3 Å². The maximum atomic E-state index is 12.3. The first-order valence-electron chi connectivity index (χ1n) is 6.27. The van der Waals surface area contributed by atoms with Crippen molar-refractivity contribution < 1.29 is 14.5 Å². The van der Waals surface area contributed by atoms with E-state index in [1.54, 1.807) is 13.8 Å². The first kappa shape index (κ1) is 16.8. The Morgan fingerprint density at radius 1 is 1.48 bits per heavy atom. The molecule has 9 heteroatoms. The van der Waals surface area contributed by atoms with Crippen molar-refractivity contribution in [3.05, 3.63) is 33.1 Å². The van der Waals surface area contributed by atoms with E-state index in [0.29, 0.717) is 6.54 Å². The zero-order valence-corrected chi connectivity index (χ0v) is 12.4. The second-order valence-electron chi connectivity index (χ2n) is 4.03. The Morgan fingerprint density at radius 2 is 2.14 bits per heavy atom. The number of halogens is 1. The van der Waals surface area contributed by atoms with Crippen molar-refractivity contribution in [2.75, 3.05) is 19.6 Å². The van der Waals surface area contributed by atoms with Crippen LogP contribution in [0, 0.1) is 10.1 Å². The molecule has 0 aliphatic rings. The molecule has 0 saturated carbocycles. The number of nitrogens with one attached hydrogen (secondary N) is 1. The average Bonchev–Trinajstić information content (AvgIpc) is 2.43. The van der Waals surface area contributed by atoms with Crippen LogP contribution in [0.5, 0.6) is 0 Å². The summed E-state index contributed by atoms with van der Waals surface area (Å²) in [6, 6.07) is 1.22. The number of aromatic nitrogens is 1. The highest BCUT2D eigenvalue weighted by molar-refractivity contribution is 6.32. The van der Waals surface area contributed by atoms with E-state index >= 15 is 0 Å². The van der Waals surface area contributed by atoms with E-state index in [9.17, 15) is 19.7 Å². The van der Waals surface area contributed by atoms with Crippen LogP contribution in [-0.2, 0) is 4.79 Å². The van der Waals surface area contributed by atoms with Gasteiger partial charge in [0.25, 0.3) is 5.91 Å². The molecule has 0 aromatic carbocycles. The van der Waals surface area contributed by atoms with Crippen molar-refractivity contribution in [3.63, 3.8) is 0 Å². The fourth-order valence-electron chi connectivity index (χ4n) is 1.70. The van der Waals surface area contributed by atoms with E-state index in [1.165, 1.54) is 17.2 Å². The Kier molecular flexibility index (Phi) is 6.04. The Labute approximate surface area is 126 Å². The van der Waals surface area contributed by atoms with Crippen LogP contribution in [0.1, 0.15) is 24.2 Å². The van der Waals surface area contributed by atoms with E-state index in [4.69, 9.17) is 11.6 Å². The molecule has 0 aliphatic carbocycles. The quantitative estimate of drug-likeness (QED) is 0.483. The van der Waals surface area contributed by atoms with Crippen molar-refractivity contribution in [1.82, 2.24) is 15.2 Å². The van der Waals surface area contributed by atoms with Gasteiger partial charge in [0.05, 0.1) is 11.5 Å². The molecule has 8 nitrogen and oxygen atoms in total. The van der Waals surface area contributed by atoms with Crippen LogP contribution in [-0.4, -0.2) is 46.3 Å². The lowest BCUT2D eigenvalue weighted by molar-refractivity contribution is -0.385. The summed E-state index contributed by atoms with van der Waals surface area (Å²) in [6.45, 7) is 3.91. The van der Waals surface area contributed by atoms with Crippen molar-refractivity contribution in [3.8, 4) is 0 Å². The molecule has 114 valence electrons. The second kappa shape index (κ2) is 7.53. The van der Waals surface area contributed by atoms with Gasteiger partial charge in [-0.05, 0) is 19.9 Å². The summed E-state index contributed by atoms with van der Waals surface area (Å²) < 4.78 is 0. The Morgan fingerprint density at radius 3 is 2.67 bits per heavy atom. The largest absolute Gasteiger partial charge is 0.355 e. The van der Waals surface area contributed by atoms with E-state index in [-0.39, 0.29) is 29.7 Å². The Balaban J connectivity index is 3.09. The van der Waals surface area contributed by atoms with Crippen LogP contribution in [0.15, 0.2) is 12.3 Å². The lowest BCUT2D eigenvalue weighted by atomic mass is 10.2. The zero-order chi connectivity index (χ0) is 16.0. The molecule has 0 radical (unpaired) electrons. The first-order valence-corrected chi connectivity index (χ1v) is 6.65. The van der Waals surface area contributed by atoms with E-state index in [0.717, 1.165) is 0 Å². The summed E-state index contributed by atoms with van der Waals surface area (Å²) >= 11 is 5.67. The van der Waals surface area contributed by atoms with Crippen LogP contribution in [0.4, 0.5) is 5.69 Å². The normalized spacial score (nSPS) is 10.0. The topological polar surface area (TPSA) is 105 Å². The summed E-state index contributed by atoms with van der Waals surface area (Å²) in [5.41, 5.74) is -0.746. The fraction of sp³-hybridized carbons (Fsp3) is 0.417. The molecular weight excluding hydrogens is 300 g/mol. The average molecular weight is 315 g/mol. The molecule has 0 bridgehead atoms. The number of pyridine rings is 1. The van der Waals surface area contributed by atoms with Gasteiger partial charge in [0.1, 0.15) is 5.56 Å². The van der Waals surface area contributed by atoms with Gasteiger partial charge in [-0.1, -0.05) is 11.6 Å². The predicted octanol–water partition coefficient (Wildman–Crippen LogP) is 1.24. The molecular formula is C12H15ClN4O4. The number of nitro groups is 1. The molecule has 1 heterocycles. The van der Waals surface area contributed by atoms with Gasteiger partial charge in [-0.25, -0.2) is 4.98 Å². The monoisotopic (exact) mass is 314 g/mol. The van der Waals surface area contributed by atoms with Crippen LogP contribution >= 0.6 is 11.6 Å². The number of nitrogens with zero attached hydrogens (tertiary/aromatic N) is 3. The Bertz CT molecular complexity index is 564. The SMILES string of the molecule is CCNC(=O)CN(CC)C(=O)c1ccnc(Cl)c1[N+](=O)[O-]. The van der Waals surface area contributed by atoms with Gasteiger partial charge in [-0.2, -0.15) is 0 Å². The predicted molar refractivity (Wildman–Crippen MR) is 76.2 cm³/mol. The fourth-order valence-corrected chi connectivity index (χ4v) is 1.93. The van der Waals surface area contributed by atoms with Gasteiger partial charge in [-0.3, -0.25) is 19.7 Å². The molecule has 1 aromatic heterocycles. The van der Waals surface area contributed by atoms with E-state index in [1.807, 2.05) is 0 Å². The van der Waals surface area contributed by atoms with Crippen molar-refractivity contribution in [1.29, 1.82) is 0 Å². The molecule has 0 unspecified atom stereocenters. The molecule has 0 fully saturated rings. The maximum Gasteiger partial charge on any atom is 0.319 e. The highest BCUT2D eigenvalue weighted by Crippen LogP contribution is 2.26. The molecule has 0 aliphatic heterocycles. The van der Waals surface area contributed by atoms with Gasteiger partial charge >= 0.3 is 5.69 Å². The minimum Gasteiger partial charge on any atom is -0.355 e. The number of hydrogen-bond donors (Lipinski definition) is 1. The smallest absolute Gasteiger partial charge is 0.319 e. The molecule has 2 amide bonds. The van der Waals surface area contributed by atoms with Gasteiger partial charge in [0, 0.05) is 19.3 Å². The highest BCUT2D eigenvalue weighted by Gasteiger charge is 2.28. The second-order valence-corrected chi connectivity index (χ2v) is 4.39. The number of carbonyl (C=O) groups is 2. The number of rotatable bonds is 6.